The molecule has 42 heteroatoms. The molecule has 0 rings (SSSR count). The van der Waals surface area contributed by atoms with E-state index in [9.17, 15) is 97.1 Å². The Bertz CT molecular complexity index is 3070. The summed E-state index contributed by atoms with van der Waals surface area (Å²) in [5.74, 6) is -7.89. The third kappa shape index (κ3) is 89.7. The highest BCUT2D eigenvalue weighted by molar-refractivity contribution is 5.82. The minimum Gasteiger partial charge on any atom is -0.466 e. The normalized spacial score (nSPS) is 11.1. The number of esters is 16. The Balaban J connectivity index is 6.42. The summed E-state index contributed by atoms with van der Waals surface area (Å²) in [6.45, 7) is 20.7. The Morgan fingerprint density at radius 1 is 0.146 bits per heavy atom. The molecule has 0 fully saturated rings. The molecule has 0 aliphatic heterocycles. The Labute approximate surface area is 851 Å². The molecule has 4 N–H and O–H groups in total. The Morgan fingerprint density at radius 2 is 0.257 bits per heavy atom. The van der Waals surface area contributed by atoms with E-state index in [1.807, 2.05) is 29.4 Å². The Kier molecular flexibility index (Phi) is 91.1. The first-order valence-corrected chi connectivity index (χ1v) is 51.6. The molecule has 0 atom stereocenters. The lowest BCUT2D eigenvalue weighted by atomic mass is 10.2. The lowest BCUT2D eigenvalue weighted by molar-refractivity contribution is -0.147. The molecule has 0 radical (unpaired) electrons. The lowest BCUT2D eigenvalue weighted by Gasteiger charge is -2.27. The summed E-state index contributed by atoms with van der Waals surface area (Å²) >= 11 is 0. The maximum Gasteiger partial charge on any atom is 0.330 e. The van der Waals surface area contributed by atoms with Crippen LogP contribution in [0.2, 0.25) is 0 Å². The van der Waals surface area contributed by atoms with Gasteiger partial charge in [-0.15, -0.1) is 0 Å². The monoisotopic (exact) mass is 2060 g/mol. The van der Waals surface area contributed by atoms with Crippen LogP contribution in [0.25, 0.3) is 0 Å². The van der Waals surface area contributed by atoms with Gasteiger partial charge in [-0.25, -0.2) is 19.2 Å². The highest BCUT2D eigenvalue weighted by Gasteiger charge is 2.23. The van der Waals surface area contributed by atoms with Crippen LogP contribution in [0.1, 0.15) is 257 Å². The number of aliphatic hydroxyl groups excluding tert-OH is 4. The number of hydrogen-bond acceptors (Lipinski definition) is 42. The molecule has 0 aliphatic carbocycles. The van der Waals surface area contributed by atoms with Crippen molar-refractivity contribution < 1.29 is 173 Å². The van der Waals surface area contributed by atoms with Crippen molar-refractivity contribution in [2.24, 2.45) is 0 Å². The average Bonchev–Trinajstić information content (AvgIpc) is 0.899. The van der Waals surface area contributed by atoms with Gasteiger partial charge >= 0.3 is 95.5 Å². The van der Waals surface area contributed by atoms with Crippen LogP contribution in [0.3, 0.4) is 0 Å². The second-order valence-corrected chi connectivity index (χ2v) is 34.0. The van der Waals surface area contributed by atoms with Gasteiger partial charge in [0.25, 0.3) is 0 Å². The number of nitrogens with zero attached hydrogens (tertiary/aromatic N) is 6. The van der Waals surface area contributed by atoms with Crippen LogP contribution in [0.4, 0.5) is 0 Å². The van der Waals surface area contributed by atoms with E-state index in [1.165, 1.54) is 0 Å². The molecule has 42 nitrogen and oxygen atoms in total. The molecule has 0 saturated heterocycles. The van der Waals surface area contributed by atoms with Gasteiger partial charge in [0.05, 0.1) is 183 Å². The third-order valence-electron chi connectivity index (χ3n) is 22.0. The standard InChI is InChI=1S/C102H172N6O36/c1-5-87(113)129-71-21-25-75-133-91(117)37-53-103(49-13-9-17-67-109)57-41-95(121)137-79-29-33-83-141-99(125)45-61-107(62-46-100(126)142-84-34-30-80-138-96(122)42-58-104(50-14-10-18-68-110)54-38-92(118)134-76-26-22-72-130-88(114)6-2)65-66-108(63-47-101(127)143-85-35-31-81-139-97(123)43-59-105(51-15-11-19-69-111)55-39-93(119)135-77-27-23-73-131-89(115)7-3)64-48-102(128)144-86-36-32-82-140-98(124)44-60-106(52-16-12-20-70-112)56-40-94(120)136-78-28-24-74-132-90(116)8-4/h5-8,109-112H,1-4,9-86H2. The molecule has 0 amide bonds. The summed E-state index contributed by atoms with van der Waals surface area (Å²) in [7, 11) is 0. The van der Waals surface area contributed by atoms with Crippen molar-refractivity contribution in [3.63, 3.8) is 0 Å². The van der Waals surface area contributed by atoms with Gasteiger partial charge in [0.15, 0.2) is 0 Å². The van der Waals surface area contributed by atoms with E-state index in [-0.39, 0.29) is 248 Å². The van der Waals surface area contributed by atoms with Crippen LogP contribution in [0, 0.1) is 0 Å². The largest absolute Gasteiger partial charge is 0.466 e. The maximum atomic E-state index is 13.5. The maximum absolute atomic E-state index is 13.5. The van der Waals surface area contributed by atoms with Crippen molar-refractivity contribution in [2.75, 3.05) is 250 Å². The molecule has 144 heavy (non-hydrogen) atoms. The van der Waals surface area contributed by atoms with Gasteiger partial charge < -0.3 is 126 Å². The molecule has 0 bridgehead atoms. The van der Waals surface area contributed by atoms with Gasteiger partial charge in [-0.05, 0) is 206 Å². The van der Waals surface area contributed by atoms with Gasteiger partial charge in [-0.1, -0.05) is 26.3 Å². The van der Waals surface area contributed by atoms with Gasteiger partial charge in [0, 0.05) is 142 Å². The molecule has 0 aliphatic rings. The lowest BCUT2D eigenvalue weighted by Crippen LogP contribution is -2.39. The van der Waals surface area contributed by atoms with E-state index in [4.69, 9.17) is 75.8 Å². The number of carbonyl (C=O) groups excluding carboxylic acids is 16. The molecule has 0 heterocycles. The van der Waals surface area contributed by atoms with E-state index in [0.29, 0.717) is 207 Å². The summed E-state index contributed by atoms with van der Waals surface area (Å²) < 4.78 is 85.6. The topological polar surface area (TPSA) is 521 Å². The highest BCUT2D eigenvalue weighted by Crippen LogP contribution is 2.14. The molecule has 0 aromatic carbocycles. The van der Waals surface area contributed by atoms with E-state index in [0.717, 1.165) is 75.7 Å². The minimum absolute atomic E-state index is 0.00187. The van der Waals surface area contributed by atoms with E-state index >= 15 is 0 Å². The van der Waals surface area contributed by atoms with E-state index in [1.54, 1.807) is 0 Å². The van der Waals surface area contributed by atoms with Crippen molar-refractivity contribution >= 4 is 95.5 Å². The van der Waals surface area contributed by atoms with Crippen LogP contribution < -0.4 is 0 Å². The van der Waals surface area contributed by atoms with Gasteiger partial charge in [-0.3, -0.25) is 57.5 Å². The van der Waals surface area contributed by atoms with Crippen molar-refractivity contribution in [2.45, 2.75) is 257 Å². The summed E-state index contributed by atoms with van der Waals surface area (Å²) in [6, 6.07) is 0. The summed E-state index contributed by atoms with van der Waals surface area (Å²) in [4.78, 5) is 213. The minimum atomic E-state index is -0.559. The zero-order valence-electron chi connectivity index (χ0n) is 85.8. The molecule has 0 unspecified atom stereocenters. The van der Waals surface area contributed by atoms with Crippen molar-refractivity contribution in [3.8, 4) is 0 Å². The number of rotatable bonds is 103. The highest BCUT2D eigenvalue weighted by atomic mass is 16.6. The molecule has 0 saturated carbocycles. The predicted octanol–water partition coefficient (Wildman–Crippen LogP) is 7.81. The van der Waals surface area contributed by atoms with Gasteiger partial charge in [-0.2, -0.15) is 0 Å². The number of carbonyl (C=O) groups is 16. The second-order valence-electron chi connectivity index (χ2n) is 34.0. The average molecular weight is 2060 g/mol. The van der Waals surface area contributed by atoms with Crippen LogP contribution in [-0.2, 0) is 153 Å². The zero-order valence-corrected chi connectivity index (χ0v) is 85.8. The first-order chi connectivity index (χ1) is 69.8. The Hall–Kier alpha value is -9.92. The van der Waals surface area contributed by atoms with Crippen molar-refractivity contribution in [3.05, 3.63) is 50.6 Å². The summed E-state index contributed by atoms with van der Waals surface area (Å²) in [5.41, 5.74) is 0. The zero-order chi connectivity index (χ0) is 106. The van der Waals surface area contributed by atoms with E-state index < -0.39 is 95.5 Å². The first kappa shape index (κ1) is 134. The fraction of sp³-hybridized carbons (Fsp3) is 0.765. The summed E-state index contributed by atoms with van der Waals surface area (Å²) in [6.07, 6.45) is 19.4. The smallest absolute Gasteiger partial charge is 0.330 e. The second kappa shape index (κ2) is 97.8. The molecule has 0 aromatic heterocycles. The van der Waals surface area contributed by atoms with Crippen LogP contribution in [0.15, 0.2) is 50.6 Å². The SMILES string of the molecule is C=CC(=O)OCCCCOC(=O)CCN(CCCCCO)CCC(=O)OCCCCOC(=O)CCN(CCC(=O)OCCCCOC(=O)CCN(CCCCCO)CCC(=O)OCCCCOC(=O)C=C)CCN(CCC(=O)OCCCCOC(=O)CCN(CCCCCO)CCC(=O)OCCCCOC(=O)C=C)CCC(=O)OCCCCOC(=O)CCN(CCCCCO)CCC(=O)OCCCCOC(=O)C=C. The number of ether oxygens (including phenoxy) is 16. The quantitative estimate of drug-likeness (QED) is 0.0195. The third-order valence-corrected chi connectivity index (χ3v) is 22.0. The van der Waals surface area contributed by atoms with Crippen LogP contribution in [-0.4, -0.2) is 395 Å². The number of aliphatic hydroxyl groups is 4. The van der Waals surface area contributed by atoms with Crippen LogP contribution in [0.5, 0.6) is 0 Å². The van der Waals surface area contributed by atoms with Gasteiger partial charge in [0.2, 0.25) is 0 Å². The summed E-state index contributed by atoms with van der Waals surface area (Å²) in [5, 5.41) is 37.2. The molecule has 0 spiro atoms. The fourth-order valence-corrected chi connectivity index (χ4v) is 13.4. The predicted molar refractivity (Wildman–Crippen MR) is 528 cm³/mol. The molecule has 0 aromatic rings. The molecular weight excluding hydrogens is 1890 g/mol. The molecular formula is C102H172N6O36. The van der Waals surface area contributed by atoms with Crippen molar-refractivity contribution in [1.29, 1.82) is 0 Å². The fourth-order valence-electron chi connectivity index (χ4n) is 13.4. The number of unbranched alkanes of at least 4 members (excludes halogenated alkanes) is 16. The van der Waals surface area contributed by atoms with Gasteiger partial charge in [0.1, 0.15) is 0 Å². The Morgan fingerprint density at radius 3 is 0.368 bits per heavy atom. The van der Waals surface area contributed by atoms with E-state index in [2.05, 4.69) is 26.3 Å². The molecule has 826 valence electrons. The van der Waals surface area contributed by atoms with Crippen LogP contribution >= 0.6 is 0 Å². The number of hydrogen-bond donors (Lipinski definition) is 4. The van der Waals surface area contributed by atoms with Crippen molar-refractivity contribution in [1.82, 2.24) is 29.4 Å². The first-order valence-electron chi connectivity index (χ1n) is 51.6.